The molecule has 11 heteroatoms. The van der Waals surface area contributed by atoms with Gasteiger partial charge in [0.1, 0.15) is 5.69 Å². The van der Waals surface area contributed by atoms with Crippen molar-refractivity contribution in [3.05, 3.63) is 40.8 Å². The van der Waals surface area contributed by atoms with Gasteiger partial charge in [0, 0.05) is 6.20 Å². The van der Waals surface area contributed by atoms with Crippen LogP contribution in [0.25, 0.3) is 5.82 Å². The number of hydrogen-bond acceptors (Lipinski definition) is 3. The van der Waals surface area contributed by atoms with E-state index in [0.717, 1.165) is 6.20 Å². The van der Waals surface area contributed by atoms with E-state index in [0.29, 0.717) is 6.20 Å². The molecule has 2 aromatic heterocycles. The lowest BCUT2D eigenvalue weighted by Crippen LogP contribution is -2.37. The summed E-state index contributed by atoms with van der Waals surface area (Å²) in [5, 5.41) is 3.10. The van der Waals surface area contributed by atoms with Crippen LogP contribution in [0.5, 0.6) is 0 Å². The van der Waals surface area contributed by atoms with Gasteiger partial charge in [0.15, 0.2) is 5.82 Å². The van der Waals surface area contributed by atoms with Gasteiger partial charge in [-0.3, -0.25) is 4.79 Å². The van der Waals surface area contributed by atoms with Crippen LogP contribution in [0.1, 0.15) is 16.1 Å². The number of nitrogens with two attached hydrogens (primary N) is 1. The Bertz CT molecular complexity index is 728. The summed E-state index contributed by atoms with van der Waals surface area (Å²) in [5.41, 5.74) is 2.02. The molecule has 1 amide bonds. The average Bonchev–Trinajstić information content (AvgIpc) is 2.83. The maximum absolute atomic E-state index is 13.7. The number of aromatic nitrogens is 3. The predicted octanol–water partition coefficient (Wildman–Crippen LogP) is 2.67. The standard InChI is InChI=1S/C11H6ClF5N4O/c12-6-2-1-3-19-9(6)21-7(5(4-20-21)8(18)22)10(13,14)11(15,16)17/h1-4H,(H2,18,22). The van der Waals surface area contributed by atoms with Gasteiger partial charge in [0.2, 0.25) is 0 Å². The third-order valence-corrected chi connectivity index (χ3v) is 2.92. The number of hydrogen-bond donors (Lipinski definition) is 1. The molecule has 2 aromatic rings. The second-order valence-electron chi connectivity index (χ2n) is 4.06. The summed E-state index contributed by atoms with van der Waals surface area (Å²) in [6, 6.07) is 2.55. The third-order valence-electron chi connectivity index (χ3n) is 2.63. The van der Waals surface area contributed by atoms with E-state index in [4.69, 9.17) is 17.3 Å². The van der Waals surface area contributed by atoms with E-state index in [9.17, 15) is 26.7 Å². The molecule has 2 rings (SSSR count). The van der Waals surface area contributed by atoms with E-state index in [2.05, 4.69) is 10.1 Å². The van der Waals surface area contributed by atoms with Crippen LogP contribution in [-0.4, -0.2) is 26.8 Å². The van der Waals surface area contributed by atoms with Gasteiger partial charge in [-0.15, -0.1) is 0 Å². The Morgan fingerprint density at radius 1 is 1.27 bits per heavy atom. The Balaban J connectivity index is 2.79. The highest BCUT2D eigenvalue weighted by atomic mass is 35.5. The lowest BCUT2D eigenvalue weighted by Gasteiger charge is -2.21. The van der Waals surface area contributed by atoms with Crippen LogP contribution in [0.3, 0.4) is 0 Å². The molecular formula is C11H6ClF5N4O. The van der Waals surface area contributed by atoms with Crippen LogP contribution in [0.4, 0.5) is 22.0 Å². The number of carbonyl (C=O) groups excluding carboxylic acids is 1. The van der Waals surface area contributed by atoms with Crippen molar-refractivity contribution < 1.29 is 26.7 Å². The molecule has 22 heavy (non-hydrogen) atoms. The number of nitrogens with zero attached hydrogens (tertiary/aromatic N) is 3. The Morgan fingerprint density at radius 2 is 1.91 bits per heavy atom. The van der Waals surface area contributed by atoms with Crippen molar-refractivity contribution in [2.45, 2.75) is 12.1 Å². The highest BCUT2D eigenvalue weighted by Crippen LogP contribution is 2.45. The molecule has 2 N–H and O–H groups in total. The van der Waals surface area contributed by atoms with Gasteiger partial charge in [-0.2, -0.15) is 27.1 Å². The lowest BCUT2D eigenvalue weighted by atomic mass is 10.1. The molecule has 0 saturated carbocycles. The molecule has 118 valence electrons. The van der Waals surface area contributed by atoms with Gasteiger partial charge in [-0.1, -0.05) is 11.6 Å². The molecule has 0 aliphatic carbocycles. The topological polar surface area (TPSA) is 73.8 Å². The monoisotopic (exact) mass is 340 g/mol. The molecule has 0 aliphatic heterocycles. The molecular weight excluding hydrogens is 335 g/mol. The second-order valence-corrected chi connectivity index (χ2v) is 4.47. The number of alkyl halides is 5. The fourth-order valence-electron chi connectivity index (χ4n) is 1.66. The summed E-state index contributed by atoms with van der Waals surface area (Å²) in [6.45, 7) is 0. The van der Waals surface area contributed by atoms with E-state index >= 15 is 0 Å². The van der Waals surface area contributed by atoms with Gasteiger partial charge < -0.3 is 5.73 Å². The van der Waals surface area contributed by atoms with Gasteiger partial charge in [0.25, 0.3) is 5.91 Å². The highest BCUT2D eigenvalue weighted by Gasteiger charge is 2.62. The first-order chi connectivity index (χ1) is 10.1. The normalized spacial score (nSPS) is 12.5. The Hall–Kier alpha value is -2.23. The quantitative estimate of drug-likeness (QED) is 0.873. The zero-order valence-corrected chi connectivity index (χ0v) is 11.2. The molecule has 0 saturated heterocycles. The first-order valence-corrected chi connectivity index (χ1v) is 5.89. The lowest BCUT2D eigenvalue weighted by molar-refractivity contribution is -0.291. The van der Waals surface area contributed by atoms with Crippen molar-refractivity contribution in [1.29, 1.82) is 0 Å². The number of carbonyl (C=O) groups is 1. The summed E-state index contributed by atoms with van der Waals surface area (Å²) in [6.07, 6.45) is -4.35. The van der Waals surface area contributed by atoms with Crippen molar-refractivity contribution in [1.82, 2.24) is 14.8 Å². The van der Waals surface area contributed by atoms with Crippen molar-refractivity contribution >= 4 is 17.5 Å². The van der Waals surface area contributed by atoms with Crippen LogP contribution in [0.15, 0.2) is 24.5 Å². The van der Waals surface area contributed by atoms with Crippen molar-refractivity contribution in [3.63, 3.8) is 0 Å². The molecule has 0 spiro atoms. The zero-order valence-electron chi connectivity index (χ0n) is 10.4. The Morgan fingerprint density at radius 3 is 2.41 bits per heavy atom. The van der Waals surface area contributed by atoms with Gasteiger partial charge in [0.05, 0.1) is 16.8 Å². The smallest absolute Gasteiger partial charge is 0.365 e. The Kier molecular flexibility index (Phi) is 3.81. The van der Waals surface area contributed by atoms with Crippen molar-refractivity contribution in [3.8, 4) is 5.82 Å². The molecule has 5 nitrogen and oxygen atoms in total. The maximum Gasteiger partial charge on any atom is 0.459 e. The first-order valence-electron chi connectivity index (χ1n) is 5.51. The molecule has 0 aromatic carbocycles. The van der Waals surface area contributed by atoms with E-state index in [-0.39, 0.29) is 9.70 Å². The first kappa shape index (κ1) is 16.1. The fourth-order valence-corrected chi connectivity index (χ4v) is 1.86. The van der Waals surface area contributed by atoms with E-state index < -0.39 is 35.1 Å². The van der Waals surface area contributed by atoms with E-state index in [1.807, 2.05) is 0 Å². The van der Waals surface area contributed by atoms with Crippen LogP contribution in [0.2, 0.25) is 5.02 Å². The van der Waals surface area contributed by atoms with Crippen molar-refractivity contribution in [2.75, 3.05) is 0 Å². The molecule has 0 aliphatic rings. The fraction of sp³-hybridized carbons (Fsp3) is 0.182. The number of primary amides is 1. The van der Waals surface area contributed by atoms with Crippen molar-refractivity contribution in [2.24, 2.45) is 5.73 Å². The van der Waals surface area contributed by atoms with Crippen LogP contribution in [0, 0.1) is 0 Å². The summed E-state index contributed by atoms with van der Waals surface area (Å²) in [5.74, 6) is -7.36. The average molecular weight is 341 g/mol. The van der Waals surface area contributed by atoms with Gasteiger partial charge >= 0.3 is 12.1 Å². The van der Waals surface area contributed by atoms with Crippen LogP contribution >= 0.6 is 11.6 Å². The molecule has 2 heterocycles. The predicted molar refractivity (Wildman–Crippen MR) is 64.8 cm³/mol. The number of amides is 1. The van der Waals surface area contributed by atoms with Gasteiger partial charge in [-0.25, -0.2) is 9.67 Å². The second kappa shape index (κ2) is 5.20. The zero-order chi connectivity index (χ0) is 16.7. The molecule has 0 bridgehead atoms. The minimum absolute atomic E-state index is 0.149. The van der Waals surface area contributed by atoms with Crippen LogP contribution < -0.4 is 5.73 Å². The number of pyridine rings is 1. The minimum Gasteiger partial charge on any atom is -0.365 e. The van der Waals surface area contributed by atoms with E-state index in [1.165, 1.54) is 12.1 Å². The number of rotatable bonds is 3. The van der Waals surface area contributed by atoms with Gasteiger partial charge in [-0.05, 0) is 12.1 Å². The largest absolute Gasteiger partial charge is 0.459 e. The molecule has 0 unspecified atom stereocenters. The minimum atomic E-state index is -5.96. The molecule has 0 radical (unpaired) electrons. The SMILES string of the molecule is NC(=O)c1cnn(-c2ncccc2Cl)c1C(F)(F)C(F)(F)F. The molecule has 0 atom stereocenters. The van der Waals surface area contributed by atoms with Crippen LogP contribution in [-0.2, 0) is 5.92 Å². The summed E-state index contributed by atoms with van der Waals surface area (Å²) < 4.78 is 65.5. The summed E-state index contributed by atoms with van der Waals surface area (Å²) in [7, 11) is 0. The molecule has 0 fully saturated rings. The van der Waals surface area contributed by atoms with E-state index in [1.54, 1.807) is 0 Å². The number of halogens is 6. The summed E-state index contributed by atoms with van der Waals surface area (Å²) in [4.78, 5) is 14.7. The Labute approximate surface area is 124 Å². The highest BCUT2D eigenvalue weighted by molar-refractivity contribution is 6.32. The third kappa shape index (κ3) is 2.49. The maximum atomic E-state index is 13.7. The summed E-state index contributed by atoms with van der Waals surface area (Å²) >= 11 is 5.72.